The van der Waals surface area contributed by atoms with Gasteiger partial charge in [-0.25, -0.2) is 0 Å². The first-order valence-corrected chi connectivity index (χ1v) is 10.2. The summed E-state index contributed by atoms with van der Waals surface area (Å²) in [6.45, 7) is 4.30. The van der Waals surface area contributed by atoms with E-state index in [1.807, 2.05) is 26.0 Å². The minimum Gasteiger partial charge on any atom is -0.493 e. The zero-order chi connectivity index (χ0) is 21.8. The summed E-state index contributed by atoms with van der Waals surface area (Å²) in [4.78, 5) is 27.0. The molecular weight excluding hydrogens is 424 g/mol. The summed E-state index contributed by atoms with van der Waals surface area (Å²) in [6.07, 6.45) is 2.30. The highest BCUT2D eigenvalue weighted by molar-refractivity contribution is 7.80. The van der Waals surface area contributed by atoms with E-state index >= 15 is 0 Å². The van der Waals surface area contributed by atoms with Crippen molar-refractivity contribution in [2.24, 2.45) is 0 Å². The molecule has 1 fully saturated rings. The van der Waals surface area contributed by atoms with Gasteiger partial charge in [0.25, 0.3) is 11.8 Å². The van der Waals surface area contributed by atoms with Gasteiger partial charge in [-0.3, -0.25) is 19.8 Å². The van der Waals surface area contributed by atoms with Crippen molar-refractivity contribution < 1.29 is 19.1 Å². The fourth-order valence-electron chi connectivity index (χ4n) is 3.02. The third-order valence-corrected chi connectivity index (χ3v) is 5.20. The Morgan fingerprint density at radius 1 is 1.13 bits per heavy atom. The van der Waals surface area contributed by atoms with Crippen molar-refractivity contribution in [2.45, 2.75) is 20.3 Å². The summed E-state index contributed by atoms with van der Waals surface area (Å²) in [5.41, 5.74) is 2.07. The van der Waals surface area contributed by atoms with Crippen LogP contribution in [0.3, 0.4) is 0 Å². The van der Waals surface area contributed by atoms with Crippen LogP contribution in [0.15, 0.2) is 42.0 Å². The summed E-state index contributed by atoms with van der Waals surface area (Å²) >= 11 is 11.6. The number of rotatable bonds is 6. The van der Waals surface area contributed by atoms with Gasteiger partial charge in [-0.15, -0.1) is 0 Å². The molecule has 0 atom stereocenters. The van der Waals surface area contributed by atoms with E-state index in [-0.39, 0.29) is 10.7 Å². The lowest BCUT2D eigenvalue weighted by molar-refractivity contribution is -0.122. The number of hydrogen-bond acceptors (Lipinski definition) is 5. The van der Waals surface area contributed by atoms with Crippen LogP contribution in [0, 0.1) is 0 Å². The van der Waals surface area contributed by atoms with E-state index < -0.39 is 11.8 Å². The van der Waals surface area contributed by atoms with E-state index in [9.17, 15) is 9.59 Å². The van der Waals surface area contributed by atoms with Crippen molar-refractivity contribution in [1.29, 1.82) is 0 Å². The molecule has 1 saturated heterocycles. The molecule has 0 spiro atoms. The number of carbonyl (C=O) groups is 2. The van der Waals surface area contributed by atoms with Crippen LogP contribution in [0.4, 0.5) is 5.69 Å². The van der Waals surface area contributed by atoms with Crippen LogP contribution in [-0.4, -0.2) is 30.6 Å². The second-order valence-corrected chi connectivity index (χ2v) is 7.23. The molecular formula is C22H21ClN2O4S. The topological polar surface area (TPSA) is 67.9 Å². The van der Waals surface area contributed by atoms with Gasteiger partial charge in [-0.05, 0) is 61.0 Å². The van der Waals surface area contributed by atoms with Crippen molar-refractivity contribution in [2.75, 3.05) is 18.6 Å². The lowest BCUT2D eigenvalue weighted by Gasteiger charge is -2.29. The molecule has 0 unspecified atom stereocenters. The Kier molecular flexibility index (Phi) is 6.74. The maximum Gasteiger partial charge on any atom is 0.270 e. The number of halogens is 1. The van der Waals surface area contributed by atoms with Gasteiger partial charge in [0.1, 0.15) is 5.57 Å². The van der Waals surface area contributed by atoms with E-state index in [1.165, 1.54) is 18.1 Å². The Bertz CT molecular complexity index is 1030. The molecule has 2 amide bonds. The minimum absolute atomic E-state index is 0.0298. The van der Waals surface area contributed by atoms with Gasteiger partial charge >= 0.3 is 0 Å². The first-order valence-electron chi connectivity index (χ1n) is 9.40. The maximum atomic E-state index is 13.2. The van der Waals surface area contributed by atoms with Gasteiger partial charge in [-0.2, -0.15) is 0 Å². The second kappa shape index (κ2) is 9.28. The Labute approximate surface area is 185 Å². The van der Waals surface area contributed by atoms with Gasteiger partial charge in [0.05, 0.1) is 24.4 Å². The molecule has 0 bridgehead atoms. The number of amides is 2. The molecule has 0 saturated carbocycles. The van der Waals surface area contributed by atoms with Crippen LogP contribution in [0.1, 0.15) is 25.0 Å². The molecule has 0 radical (unpaired) electrons. The maximum absolute atomic E-state index is 13.2. The second-order valence-electron chi connectivity index (χ2n) is 6.44. The summed E-state index contributed by atoms with van der Waals surface area (Å²) in [5, 5.41) is 2.91. The number of methoxy groups -OCH3 is 1. The predicted octanol–water partition coefficient (Wildman–Crippen LogP) is 4.14. The Hall–Kier alpha value is -2.90. The lowest BCUT2D eigenvalue weighted by Crippen LogP contribution is -2.54. The number of carbonyl (C=O) groups excluding carboxylic acids is 2. The SMILES string of the molecule is CCOc1cc(/C=C2\C(=O)NC(=S)N(c3ccc(CC)cc3)C2=O)c(Cl)cc1OC. The van der Waals surface area contributed by atoms with E-state index in [0.29, 0.717) is 34.4 Å². The van der Waals surface area contributed by atoms with E-state index in [2.05, 4.69) is 5.32 Å². The van der Waals surface area contributed by atoms with Crippen molar-refractivity contribution in [3.8, 4) is 11.5 Å². The molecule has 3 rings (SSSR count). The van der Waals surface area contributed by atoms with Crippen molar-refractivity contribution in [3.63, 3.8) is 0 Å². The molecule has 30 heavy (non-hydrogen) atoms. The number of hydrogen-bond donors (Lipinski definition) is 1. The van der Waals surface area contributed by atoms with Gasteiger partial charge in [-0.1, -0.05) is 30.7 Å². The van der Waals surface area contributed by atoms with Gasteiger partial charge in [0.2, 0.25) is 0 Å². The Morgan fingerprint density at radius 3 is 2.43 bits per heavy atom. The molecule has 0 aliphatic carbocycles. The summed E-state index contributed by atoms with van der Waals surface area (Å²) in [6, 6.07) is 10.6. The fraction of sp³-hybridized carbons (Fsp3) is 0.227. The molecule has 156 valence electrons. The minimum atomic E-state index is -0.587. The van der Waals surface area contributed by atoms with E-state index in [4.69, 9.17) is 33.3 Å². The van der Waals surface area contributed by atoms with Crippen LogP contribution in [0.5, 0.6) is 11.5 Å². The van der Waals surface area contributed by atoms with Crippen LogP contribution in [0.25, 0.3) is 6.08 Å². The molecule has 0 aromatic heterocycles. The normalized spacial score (nSPS) is 15.4. The average Bonchev–Trinajstić information content (AvgIpc) is 2.73. The predicted molar refractivity (Wildman–Crippen MR) is 121 cm³/mol. The molecule has 2 aromatic carbocycles. The zero-order valence-electron chi connectivity index (χ0n) is 16.8. The van der Waals surface area contributed by atoms with E-state index in [0.717, 1.165) is 12.0 Å². The summed E-state index contributed by atoms with van der Waals surface area (Å²) in [7, 11) is 1.51. The van der Waals surface area contributed by atoms with Gasteiger partial charge < -0.3 is 9.47 Å². The standard InChI is InChI=1S/C22H21ClN2O4S/c1-4-13-6-8-15(9-7-13)25-21(27)16(20(26)24-22(25)30)10-14-11-19(29-5-2)18(28-3)12-17(14)23/h6-12H,4-5H2,1-3H3,(H,24,26,30)/b16-10+. The number of nitrogens with zero attached hydrogens (tertiary/aromatic N) is 1. The highest BCUT2D eigenvalue weighted by atomic mass is 35.5. The highest BCUT2D eigenvalue weighted by Gasteiger charge is 2.34. The highest BCUT2D eigenvalue weighted by Crippen LogP contribution is 2.35. The number of thiocarbonyl (C=S) groups is 1. The number of ether oxygens (including phenoxy) is 2. The first-order chi connectivity index (χ1) is 14.4. The van der Waals surface area contributed by atoms with Gasteiger partial charge in [0, 0.05) is 6.07 Å². The summed E-state index contributed by atoms with van der Waals surface area (Å²) in [5.74, 6) is -0.196. The van der Waals surface area contributed by atoms with Crippen molar-refractivity contribution >= 4 is 52.5 Å². The quantitative estimate of drug-likeness (QED) is 0.412. The van der Waals surface area contributed by atoms with E-state index in [1.54, 1.807) is 24.3 Å². The zero-order valence-corrected chi connectivity index (χ0v) is 18.4. The van der Waals surface area contributed by atoms with Crippen molar-refractivity contribution in [3.05, 3.63) is 58.1 Å². The van der Waals surface area contributed by atoms with Crippen LogP contribution >= 0.6 is 23.8 Å². The number of anilines is 1. The number of benzene rings is 2. The van der Waals surface area contributed by atoms with Crippen LogP contribution in [-0.2, 0) is 16.0 Å². The smallest absolute Gasteiger partial charge is 0.270 e. The molecule has 1 heterocycles. The molecule has 2 aromatic rings. The van der Waals surface area contributed by atoms with Crippen LogP contribution in [0.2, 0.25) is 5.02 Å². The fourth-order valence-corrected chi connectivity index (χ4v) is 3.51. The molecule has 1 aliphatic rings. The lowest BCUT2D eigenvalue weighted by atomic mass is 10.1. The average molecular weight is 445 g/mol. The largest absolute Gasteiger partial charge is 0.493 e. The Morgan fingerprint density at radius 2 is 1.83 bits per heavy atom. The van der Waals surface area contributed by atoms with Crippen LogP contribution < -0.4 is 19.7 Å². The third kappa shape index (κ3) is 4.32. The Balaban J connectivity index is 2.03. The molecule has 8 heteroatoms. The number of aryl methyl sites for hydroxylation is 1. The number of nitrogens with one attached hydrogen (secondary N) is 1. The monoisotopic (exact) mass is 444 g/mol. The molecule has 6 nitrogen and oxygen atoms in total. The molecule has 1 aliphatic heterocycles. The summed E-state index contributed by atoms with van der Waals surface area (Å²) < 4.78 is 10.8. The molecule has 1 N–H and O–H groups in total. The van der Waals surface area contributed by atoms with Gasteiger partial charge in [0.15, 0.2) is 16.6 Å². The third-order valence-electron chi connectivity index (χ3n) is 4.59. The first kappa shape index (κ1) is 21.8. The van der Waals surface area contributed by atoms with Crippen molar-refractivity contribution in [1.82, 2.24) is 5.32 Å².